The highest BCUT2D eigenvalue weighted by atomic mass is 32.1. The molecule has 0 N–H and O–H groups in total. The normalized spacial score (nSPS) is 10.2. The molecule has 11 heavy (non-hydrogen) atoms. The number of aromatic nitrogens is 1. The summed E-state index contributed by atoms with van der Waals surface area (Å²) in [5.41, 5.74) is 3.20. The molecule has 0 bridgehead atoms. The third kappa shape index (κ3) is 0.935. The van der Waals surface area contributed by atoms with Crippen molar-refractivity contribution in [2.24, 2.45) is 0 Å². The number of nitrogens with zero attached hydrogens (tertiary/aromatic N) is 1. The van der Waals surface area contributed by atoms with Gasteiger partial charge in [0, 0.05) is 5.56 Å². The zero-order chi connectivity index (χ0) is 7.68. The van der Waals surface area contributed by atoms with Crippen molar-refractivity contribution in [2.75, 3.05) is 0 Å². The minimum absolute atomic E-state index is 0.602. The van der Waals surface area contributed by atoms with Gasteiger partial charge >= 0.3 is 0 Å². The molecular formula is C8H4NOS. The van der Waals surface area contributed by atoms with Crippen LogP contribution < -0.4 is 0 Å². The van der Waals surface area contributed by atoms with Crippen molar-refractivity contribution in [1.29, 1.82) is 0 Å². The standard InChI is InChI=1S/C8H4NOS/c10-4-6-2-1-3-7-8(6)11-5-9-7/h1-3,5H. The maximum Gasteiger partial charge on any atom is 0.235 e. The fourth-order valence-electron chi connectivity index (χ4n) is 0.967. The molecule has 0 saturated carbocycles. The van der Waals surface area contributed by atoms with Crippen LogP contribution >= 0.6 is 11.3 Å². The van der Waals surface area contributed by atoms with Crippen LogP contribution in [0.1, 0.15) is 5.56 Å². The molecule has 1 heterocycles. The highest BCUT2D eigenvalue weighted by molar-refractivity contribution is 7.17. The third-order valence-electron chi connectivity index (χ3n) is 1.47. The first-order valence-electron chi connectivity index (χ1n) is 3.12. The molecule has 1 aromatic heterocycles. The van der Waals surface area contributed by atoms with E-state index in [1.807, 2.05) is 18.4 Å². The van der Waals surface area contributed by atoms with Crippen molar-refractivity contribution in [1.82, 2.24) is 4.98 Å². The SMILES string of the molecule is O=[C]c1cccc2ncsc12. The van der Waals surface area contributed by atoms with Crippen LogP contribution in [-0.2, 0) is 4.79 Å². The summed E-state index contributed by atoms with van der Waals surface area (Å²) in [7, 11) is 0. The number of hydrogen-bond donors (Lipinski definition) is 0. The van der Waals surface area contributed by atoms with Gasteiger partial charge in [0.25, 0.3) is 0 Å². The van der Waals surface area contributed by atoms with E-state index in [0.29, 0.717) is 5.56 Å². The van der Waals surface area contributed by atoms with Gasteiger partial charge < -0.3 is 0 Å². The predicted molar refractivity (Wildman–Crippen MR) is 44.4 cm³/mol. The third-order valence-corrected chi connectivity index (χ3v) is 2.34. The minimum Gasteiger partial charge on any atom is -0.285 e. The average molecular weight is 162 g/mol. The van der Waals surface area contributed by atoms with Gasteiger partial charge in [0.15, 0.2) is 0 Å². The Hall–Kier alpha value is -1.22. The molecule has 0 atom stereocenters. The van der Waals surface area contributed by atoms with E-state index in [2.05, 4.69) is 4.98 Å². The van der Waals surface area contributed by atoms with Gasteiger partial charge in [0.05, 0.1) is 15.7 Å². The minimum atomic E-state index is 0.602. The predicted octanol–water partition coefficient (Wildman–Crippen LogP) is 1.75. The summed E-state index contributed by atoms with van der Waals surface area (Å²) in [5.74, 6) is 0. The van der Waals surface area contributed by atoms with Gasteiger partial charge in [0.2, 0.25) is 6.29 Å². The van der Waals surface area contributed by atoms with Crippen molar-refractivity contribution >= 4 is 27.8 Å². The molecule has 0 aliphatic rings. The number of carbonyl (C=O) groups excluding carboxylic acids is 1. The molecule has 53 valence electrons. The Morgan fingerprint density at radius 2 is 2.36 bits per heavy atom. The fourth-order valence-corrected chi connectivity index (χ4v) is 1.72. The number of fused-ring (bicyclic) bond motifs is 1. The van der Waals surface area contributed by atoms with Crippen molar-refractivity contribution in [3.63, 3.8) is 0 Å². The van der Waals surface area contributed by atoms with Gasteiger partial charge in [-0.05, 0) is 12.1 Å². The zero-order valence-corrected chi connectivity index (χ0v) is 6.39. The Morgan fingerprint density at radius 1 is 1.45 bits per heavy atom. The molecule has 3 heteroatoms. The molecule has 2 rings (SSSR count). The summed E-state index contributed by atoms with van der Waals surface area (Å²) < 4.78 is 0.919. The maximum atomic E-state index is 10.4. The van der Waals surface area contributed by atoms with Crippen LogP contribution in [0, 0.1) is 0 Å². The van der Waals surface area contributed by atoms with E-state index in [-0.39, 0.29) is 0 Å². The summed E-state index contributed by atoms with van der Waals surface area (Å²) >= 11 is 1.46. The lowest BCUT2D eigenvalue weighted by Crippen LogP contribution is -1.78. The first kappa shape index (κ1) is 6.49. The average Bonchev–Trinajstić information content (AvgIpc) is 2.50. The molecule has 1 aromatic carbocycles. The molecule has 2 aromatic rings. The molecule has 1 radical (unpaired) electrons. The number of rotatable bonds is 1. The van der Waals surface area contributed by atoms with Gasteiger partial charge in [-0.3, -0.25) is 4.79 Å². The molecule has 0 aliphatic heterocycles. The van der Waals surface area contributed by atoms with Crippen LogP contribution in [0.4, 0.5) is 0 Å². The highest BCUT2D eigenvalue weighted by Crippen LogP contribution is 2.20. The molecule has 0 saturated heterocycles. The Morgan fingerprint density at radius 3 is 3.18 bits per heavy atom. The summed E-state index contributed by atoms with van der Waals surface area (Å²) in [4.78, 5) is 14.4. The maximum absolute atomic E-state index is 10.4. The van der Waals surface area contributed by atoms with Crippen LogP contribution in [0.5, 0.6) is 0 Å². The first-order valence-corrected chi connectivity index (χ1v) is 4.00. The molecule has 2 nitrogen and oxygen atoms in total. The van der Waals surface area contributed by atoms with Crippen LogP contribution in [0.15, 0.2) is 23.7 Å². The Balaban J connectivity index is 2.88. The van der Waals surface area contributed by atoms with Gasteiger partial charge in [-0.2, -0.15) is 0 Å². The van der Waals surface area contributed by atoms with E-state index in [4.69, 9.17) is 0 Å². The molecule has 0 spiro atoms. The van der Waals surface area contributed by atoms with Crippen LogP contribution in [-0.4, -0.2) is 11.3 Å². The van der Waals surface area contributed by atoms with E-state index in [1.54, 1.807) is 11.6 Å². The van der Waals surface area contributed by atoms with Crippen molar-refractivity contribution in [3.8, 4) is 0 Å². The smallest absolute Gasteiger partial charge is 0.235 e. The van der Waals surface area contributed by atoms with E-state index >= 15 is 0 Å². The lowest BCUT2D eigenvalue weighted by Gasteiger charge is -1.88. The summed E-state index contributed by atoms with van der Waals surface area (Å²) in [6, 6.07) is 5.43. The Kier molecular flexibility index (Phi) is 1.43. The van der Waals surface area contributed by atoms with Crippen molar-refractivity contribution < 1.29 is 4.79 Å². The van der Waals surface area contributed by atoms with Gasteiger partial charge in [-0.15, -0.1) is 11.3 Å². The Labute approximate surface area is 67.5 Å². The van der Waals surface area contributed by atoms with E-state index in [9.17, 15) is 4.79 Å². The molecule has 0 unspecified atom stereocenters. The first-order chi connectivity index (χ1) is 5.42. The lowest BCUT2D eigenvalue weighted by molar-refractivity contribution is 0.563. The molecule has 0 fully saturated rings. The molecule has 0 amide bonds. The highest BCUT2D eigenvalue weighted by Gasteiger charge is 2.00. The quantitative estimate of drug-likeness (QED) is 0.639. The topological polar surface area (TPSA) is 30.0 Å². The van der Waals surface area contributed by atoms with Crippen molar-refractivity contribution in [3.05, 3.63) is 29.3 Å². The van der Waals surface area contributed by atoms with Crippen molar-refractivity contribution in [2.45, 2.75) is 0 Å². The lowest BCUT2D eigenvalue weighted by atomic mass is 10.2. The zero-order valence-electron chi connectivity index (χ0n) is 5.57. The van der Waals surface area contributed by atoms with E-state index in [0.717, 1.165) is 10.2 Å². The van der Waals surface area contributed by atoms with Crippen LogP contribution in [0.3, 0.4) is 0 Å². The van der Waals surface area contributed by atoms with Crippen LogP contribution in [0.2, 0.25) is 0 Å². The number of hydrogen-bond acceptors (Lipinski definition) is 3. The van der Waals surface area contributed by atoms with Gasteiger partial charge in [-0.25, -0.2) is 4.98 Å². The Bertz CT molecular complexity index is 394. The summed E-state index contributed by atoms with van der Waals surface area (Å²) in [5, 5.41) is 0. The second-order valence-electron chi connectivity index (χ2n) is 2.11. The molecular weight excluding hydrogens is 158 g/mol. The number of thiazole rings is 1. The van der Waals surface area contributed by atoms with E-state index < -0.39 is 0 Å². The molecule has 0 aliphatic carbocycles. The van der Waals surface area contributed by atoms with E-state index in [1.165, 1.54) is 11.3 Å². The largest absolute Gasteiger partial charge is 0.285 e. The second-order valence-corrected chi connectivity index (χ2v) is 2.96. The fraction of sp³-hybridized carbons (Fsp3) is 0. The van der Waals surface area contributed by atoms with Gasteiger partial charge in [0.1, 0.15) is 0 Å². The van der Waals surface area contributed by atoms with Crippen LogP contribution in [0.25, 0.3) is 10.2 Å². The monoisotopic (exact) mass is 162 g/mol. The second kappa shape index (κ2) is 2.43. The summed E-state index contributed by atoms with van der Waals surface area (Å²) in [6.45, 7) is 0. The summed E-state index contributed by atoms with van der Waals surface area (Å²) in [6.07, 6.45) is 1.88. The van der Waals surface area contributed by atoms with Gasteiger partial charge in [-0.1, -0.05) is 6.07 Å². The number of benzene rings is 1.